The minimum atomic E-state index is -0.832. The number of nitro groups is 1. The van der Waals surface area contributed by atoms with Gasteiger partial charge in [0.25, 0.3) is 5.69 Å². The van der Waals surface area contributed by atoms with Gasteiger partial charge in [0.2, 0.25) is 0 Å². The second-order valence-corrected chi connectivity index (χ2v) is 5.48. The van der Waals surface area contributed by atoms with Gasteiger partial charge in [-0.3, -0.25) is 10.1 Å². The quantitative estimate of drug-likeness (QED) is 0.327. The highest BCUT2D eigenvalue weighted by molar-refractivity contribution is 14.1. The van der Waals surface area contributed by atoms with Gasteiger partial charge >= 0.3 is 5.97 Å². The van der Waals surface area contributed by atoms with E-state index in [4.69, 9.17) is 4.74 Å². The number of esters is 1. The van der Waals surface area contributed by atoms with Crippen molar-refractivity contribution in [1.82, 2.24) is 0 Å². The molecule has 0 aromatic heterocycles. The van der Waals surface area contributed by atoms with Crippen molar-refractivity contribution in [3.63, 3.8) is 0 Å². The SMILES string of the molecule is COC(=O)C1COCCN1c1cc(F)c(I)cc1[N+](=O)[O-]. The van der Waals surface area contributed by atoms with Gasteiger partial charge in [-0.05, 0) is 22.6 Å². The van der Waals surface area contributed by atoms with Crippen molar-refractivity contribution in [2.24, 2.45) is 0 Å². The number of methoxy groups -OCH3 is 1. The fraction of sp³-hybridized carbons (Fsp3) is 0.417. The maximum atomic E-state index is 13.8. The van der Waals surface area contributed by atoms with Crippen molar-refractivity contribution in [3.05, 3.63) is 31.6 Å². The molecule has 1 unspecified atom stereocenters. The fourth-order valence-corrected chi connectivity index (χ4v) is 2.58. The molecule has 1 atom stereocenters. The lowest BCUT2D eigenvalue weighted by molar-refractivity contribution is -0.384. The van der Waals surface area contributed by atoms with Gasteiger partial charge in [0, 0.05) is 18.7 Å². The standard InChI is InChI=1S/C12H12FIN2O5/c1-20-12(17)11-6-21-3-2-15(11)9-4-7(13)8(14)5-10(9)16(18)19/h4-5,11H,2-3,6H2,1H3. The van der Waals surface area contributed by atoms with Gasteiger partial charge in [0.05, 0.1) is 28.8 Å². The molecular formula is C12H12FIN2O5. The molecule has 0 radical (unpaired) electrons. The van der Waals surface area contributed by atoms with Crippen LogP contribution in [0.1, 0.15) is 0 Å². The number of morpholine rings is 1. The Hall–Kier alpha value is -1.49. The molecule has 114 valence electrons. The molecule has 0 aliphatic carbocycles. The summed E-state index contributed by atoms with van der Waals surface area (Å²) in [6.07, 6.45) is 0. The molecule has 1 saturated heterocycles. The second kappa shape index (κ2) is 6.52. The molecule has 21 heavy (non-hydrogen) atoms. The van der Waals surface area contributed by atoms with Gasteiger partial charge in [-0.2, -0.15) is 0 Å². The minimum Gasteiger partial charge on any atom is -0.467 e. The zero-order valence-corrected chi connectivity index (χ0v) is 13.2. The van der Waals surface area contributed by atoms with E-state index in [-0.39, 0.29) is 34.7 Å². The Morgan fingerprint density at radius 3 is 2.95 bits per heavy atom. The van der Waals surface area contributed by atoms with Crippen LogP contribution in [0.3, 0.4) is 0 Å². The summed E-state index contributed by atoms with van der Waals surface area (Å²) in [5.41, 5.74) is -0.201. The minimum absolute atomic E-state index is 0.0391. The van der Waals surface area contributed by atoms with E-state index in [9.17, 15) is 19.3 Å². The molecule has 1 aliphatic rings. The number of hydrogen-bond acceptors (Lipinski definition) is 6. The Kier molecular flexibility index (Phi) is 4.93. The third-order valence-corrected chi connectivity index (χ3v) is 3.95. The van der Waals surface area contributed by atoms with E-state index in [1.54, 1.807) is 22.6 Å². The summed E-state index contributed by atoms with van der Waals surface area (Å²) in [6, 6.07) is 1.39. The van der Waals surface area contributed by atoms with Gasteiger partial charge < -0.3 is 14.4 Å². The Balaban J connectivity index is 2.49. The summed E-state index contributed by atoms with van der Waals surface area (Å²) in [7, 11) is 1.22. The van der Waals surface area contributed by atoms with Crippen LogP contribution in [0.15, 0.2) is 12.1 Å². The summed E-state index contributed by atoms with van der Waals surface area (Å²) in [5, 5.41) is 11.2. The zero-order valence-electron chi connectivity index (χ0n) is 11.0. The maximum Gasteiger partial charge on any atom is 0.330 e. The van der Waals surface area contributed by atoms with Crippen LogP contribution < -0.4 is 4.90 Å². The average Bonchev–Trinajstić information content (AvgIpc) is 2.48. The first-order valence-corrected chi connectivity index (χ1v) is 7.09. The highest BCUT2D eigenvalue weighted by Gasteiger charge is 2.34. The number of benzene rings is 1. The Morgan fingerprint density at radius 1 is 1.62 bits per heavy atom. The van der Waals surface area contributed by atoms with E-state index in [0.29, 0.717) is 0 Å². The number of carbonyl (C=O) groups excluding carboxylic acids is 1. The maximum absolute atomic E-state index is 13.8. The lowest BCUT2D eigenvalue weighted by Gasteiger charge is -2.35. The van der Waals surface area contributed by atoms with E-state index in [2.05, 4.69) is 4.74 Å². The number of hydrogen-bond donors (Lipinski definition) is 0. The van der Waals surface area contributed by atoms with Crippen molar-refractivity contribution in [1.29, 1.82) is 0 Å². The highest BCUT2D eigenvalue weighted by atomic mass is 127. The fourth-order valence-electron chi connectivity index (χ4n) is 2.13. The molecule has 0 saturated carbocycles. The summed E-state index contributed by atoms with van der Waals surface area (Å²) >= 11 is 1.68. The smallest absolute Gasteiger partial charge is 0.330 e. The lowest BCUT2D eigenvalue weighted by atomic mass is 10.1. The van der Waals surface area contributed by atoms with E-state index < -0.39 is 22.8 Å². The second-order valence-electron chi connectivity index (χ2n) is 4.32. The van der Waals surface area contributed by atoms with E-state index >= 15 is 0 Å². The first kappa shape index (κ1) is 15.9. The van der Waals surface area contributed by atoms with Gasteiger partial charge in [0.15, 0.2) is 6.04 Å². The molecule has 0 amide bonds. The van der Waals surface area contributed by atoms with Crippen molar-refractivity contribution in [2.75, 3.05) is 31.8 Å². The molecule has 1 heterocycles. The van der Waals surface area contributed by atoms with Crippen molar-refractivity contribution >= 4 is 39.9 Å². The van der Waals surface area contributed by atoms with Crippen LogP contribution in [0.5, 0.6) is 0 Å². The molecule has 1 aromatic carbocycles. The van der Waals surface area contributed by atoms with Gasteiger partial charge in [0.1, 0.15) is 11.5 Å². The normalized spacial score (nSPS) is 18.4. The van der Waals surface area contributed by atoms with Crippen LogP contribution in [-0.2, 0) is 14.3 Å². The van der Waals surface area contributed by atoms with Gasteiger partial charge in [-0.25, -0.2) is 9.18 Å². The number of rotatable bonds is 3. The number of nitro benzene ring substituents is 1. The molecule has 7 nitrogen and oxygen atoms in total. The largest absolute Gasteiger partial charge is 0.467 e. The summed E-state index contributed by atoms with van der Waals surface area (Å²) in [5.74, 6) is -1.16. The third kappa shape index (κ3) is 3.23. The van der Waals surface area contributed by atoms with Gasteiger partial charge in [-0.1, -0.05) is 0 Å². The van der Waals surface area contributed by atoms with Crippen LogP contribution in [0.25, 0.3) is 0 Å². The topological polar surface area (TPSA) is 81.9 Å². The molecule has 2 rings (SSSR count). The average molecular weight is 410 g/mol. The predicted molar refractivity (Wildman–Crippen MR) is 79.7 cm³/mol. The van der Waals surface area contributed by atoms with E-state index in [0.717, 1.165) is 12.1 Å². The molecule has 1 fully saturated rings. The van der Waals surface area contributed by atoms with Crippen molar-refractivity contribution in [3.8, 4) is 0 Å². The monoisotopic (exact) mass is 410 g/mol. The number of carbonyl (C=O) groups is 1. The Morgan fingerprint density at radius 2 is 2.33 bits per heavy atom. The van der Waals surface area contributed by atoms with Crippen LogP contribution in [-0.4, -0.2) is 43.8 Å². The Bertz CT molecular complexity index is 583. The summed E-state index contributed by atoms with van der Waals surface area (Å²) in [6.45, 7) is 0.566. The predicted octanol–water partition coefficient (Wildman–Crippen LogP) is 1.72. The van der Waals surface area contributed by atoms with Gasteiger partial charge in [-0.15, -0.1) is 0 Å². The first-order chi connectivity index (χ1) is 9.95. The van der Waals surface area contributed by atoms with E-state index in [1.165, 1.54) is 12.0 Å². The van der Waals surface area contributed by atoms with Crippen LogP contribution in [0, 0.1) is 19.5 Å². The number of ether oxygens (including phenoxy) is 2. The Labute approximate surface area is 133 Å². The lowest BCUT2D eigenvalue weighted by Crippen LogP contribution is -2.50. The number of halogens is 2. The first-order valence-electron chi connectivity index (χ1n) is 6.01. The molecular weight excluding hydrogens is 398 g/mol. The molecule has 9 heteroatoms. The molecule has 0 N–H and O–H groups in total. The van der Waals surface area contributed by atoms with Crippen molar-refractivity contribution in [2.45, 2.75) is 6.04 Å². The van der Waals surface area contributed by atoms with E-state index in [1.807, 2.05) is 0 Å². The van der Waals surface area contributed by atoms with Crippen LogP contribution in [0.2, 0.25) is 0 Å². The van der Waals surface area contributed by atoms with Crippen LogP contribution in [0.4, 0.5) is 15.8 Å². The third-order valence-electron chi connectivity index (χ3n) is 3.13. The number of anilines is 1. The zero-order chi connectivity index (χ0) is 15.6. The highest BCUT2D eigenvalue weighted by Crippen LogP contribution is 2.33. The summed E-state index contributed by atoms with van der Waals surface area (Å²) < 4.78 is 23.8. The molecule has 1 aromatic rings. The summed E-state index contributed by atoms with van der Waals surface area (Å²) in [4.78, 5) is 23.8. The molecule has 0 bridgehead atoms. The van der Waals surface area contributed by atoms with Crippen LogP contribution >= 0.6 is 22.6 Å². The molecule has 1 aliphatic heterocycles. The van der Waals surface area contributed by atoms with Crippen molar-refractivity contribution < 1.29 is 23.6 Å². The number of nitrogens with zero attached hydrogens (tertiary/aromatic N) is 2. The molecule has 0 spiro atoms.